The Morgan fingerprint density at radius 2 is 2.20 bits per heavy atom. The molecule has 0 atom stereocenters. The zero-order valence-electron chi connectivity index (χ0n) is 8.70. The van der Waals surface area contributed by atoms with Crippen LogP contribution in [0.2, 0.25) is 0 Å². The van der Waals surface area contributed by atoms with Gasteiger partial charge in [-0.05, 0) is 19.1 Å². The molecule has 0 radical (unpaired) electrons. The maximum atomic E-state index is 11.4. The molecule has 1 aromatic heterocycles. The first kappa shape index (κ1) is 11.2. The molecule has 80 valence electrons. The molecule has 0 aromatic carbocycles. The lowest BCUT2D eigenvalue weighted by molar-refractivity contribution is -0.114. The molecule has 0 spiro atoms. The number of hydrogen-bond acceptors (Lipinski definition) is 3. The summed E-state index contributed by atoms with van der Waals surface area (Å²) in [5.41, 5.74) is 0.482. The quantitative estimate of drug-likeness (QED) is 0.769. The summed E-state index contributed by atoms with van der Waals surface area (Å²) >= 11 is 0. The molecule has 0 aliphatic heterocycles. The van der Waals surface area contributed by atoms with Crippen molar-refractivity contribution < 1.29 is 9.59 Å². The standard InChI is InChI=1S/C10H13N3O2/c1-3-11-10(15)8-4-5-12-9(6-8)13-7(2)14/h4-6H,3H2,1-2H3,(H,11,15)(H,12,13,14). The molecule has 5 nitrogen and oxygen atoms in total. The number of rotatable bonds is 3. The summed E-state index contributed by atoms with van der Waals surface area (Å²) in [6.45, 7) is 3.80. The summed E-state index contributed by atoms with van der Waals surface area (Å²) in [6, 6.07) is 3.13. The number of nitrogens with zero attached hydrogens (tertiary/aromatic N) is 1. The van der Waals surface area contributed by atoms with Gasteiger partial charge >= 0.3 is 0 Å². The van der Waals surface area contributed by atoms with E-state index < -0.39 is 0 Å². The van der Waals surface area contributed by atoms with Crippen molar-refractivity contribution in [2.45, 2.75) is 13.8 Å². The second kappa shape index (κ2) is 5.09. The van der Waals surface area contributed by atoms with Gasteiger partial charge in [-0.3, -0.25) is 9.59 Å². The van der Waals surface area contributed by atoms with Crippen LogP contribution in [0.25, 0.3) is 0 Å². The maximum Gasteiger partial charge on any atom is 0.251 e. The van der Waals surface area contributed by atoms with Crippen LogP contribution in [0.15, 0.2) is 18.3 Å². The molecule has 0 saturated heterocycles. The molecule has 1 heterocycles. The van der Waals surface area contributed by atoms with Crippen molar-refractivity contribution in [3.05, 3.63) is 23.9 Å². The van der Waals surface area contributed by atoms with Crippen LogP contribution in [0, 0.1) is 0 Å². The summed E-state index contributed by atoms with van der Waals surface area (Å²) in [6.07, 6.45) is 1.48. The van der Waals surface area contributed by atoms with Crippen LogP contribution >= 0.6 is 0 Å². The molecule has 5 heteroatoms. The molecular weight excluding hydrogens is 194 g/mol. The highest BCUT2D eigenvalue weighted by Crippen LogP contribution is 2.06. The van der Waals surface area contributed by atoms with E-state index in [4.69, 9.17) is 0 Å². The molecule has 0 unspecified atom stereocenters. The van der Waals surface area contributed by atoms with Crippen molar-refractivity contribution in [3.8, 4) is 0 Å². The highest BCUT2D eigenvalue weighted by atomic mass is 16.2. The van der Waals surface area contributed by atoms with E-state index in [1.54, 1.807) is 6.07 Å². The average Bonchev–Trinajstić information content (AvgIpc) is 2.17. The van der Waals surface area contributed by atoms with Gasteiger partial charge in [0.05, 0.1) is 0 Å². The molecule has 0 bridgehead atoms. The van der Waals surface area contributed by atoms with Gasteiger partial charge in [0.2, 0.25) is 5.91 Å². The van der Waals surface area contributed by atoms with Gasteiger partial charge in [0.15, 0.2) is 0 Å². The van der Waals surface area contributed by atoms with Crippen molar-refractivity contribution in [2.24, 2.45) is 0 Å². The van der Waals surface area contributed by atoms with Crippen molar-refractivity contribution in [3.63, 3.8) is 0 Å². The lowest BCUT2D eigenvalue weighted by Gasteiger charge is -2.04. The number of hydrogen-bond donors (Lipinski definition) is 2. The van der Waals surface area contributed by atoms with Gasteiger partial charge in [0, 0.05) is 25.2 Å². The summed E-state index contributed by atoms with van der Waals surface area (Å²) in [5.74, 6) is -0.00620. The Hall–Kier alpha value is -1.91. The van der Waals surface area contributed by atoms with E-state index in [0.29, 0.717) is 17.9 Å². The van der Waals surface area contributed by atoms with E-state index in [1.807, 2.05) is 6.92 Å². The second-order valence-corrected chi connectivity index (χ2v) is 2.97. The fourth-order valence-corrected chi connectivity index (χ4v) is 1.08. The minimum absolute atomic E-state index is 0.175. The van der Waals surface area contributed by atoms with Crippen LogP contribution < -0.4 is 10.6 Å². The number of carbonyl (C=O) groups excluding carboxylic acids is 2. The molecular formula is C10H13N3O2. The predicted octanol–water partition coefficient (Wildman–Crippen LogP) is 0.790. The highest BCUT2D eigenvalue weighted by molar-refractivity contribution is 5.96. The highest BCUT2D eigenvalue weighted by Gasteiger charge is 2.05. The molecule has 15 heavy (non-hydrogen) atoms. The minimum atomic E-state index is -0.212. The van der Waals surface area contributed by atoms with Gasteiger partial charge in [-0.15, -0.1) is 0 Å². The Morgan fingerprint density at radius 3 is 2.80 bits per heavy atom. The third-order valence-corrected chi connectivity index (χ3v) is 1.66. The molecule has 0 aliphatic rings. The topological polar surface area (TPSA) is 71.1 Å². The summed E-state index contributed by atoms with van der Waals surface area (Å²) in [7, 11) is 0. The van der Waals surface area contributed by atoms with E-state index in [2.05, 4.69) is 15.6 Å². The number of anilines is 1. The Bertz CT molecular complexity index is 377. The largest absolute Gasteiger partial charge is 0.352 e. The third-order valence-electron chi connectivity index (χ3n) is 1.66. The van der Waals surface area contributed by atoms with Crippen molar-refractivity contribution >= 4 is 17.6 Å². The molecule has 2 amide bonds. The van der Waals surface area contributed by atoms with E-state index in [1.165, 1.54) is 19.2 Å². The molecule has 0 aliphatic carbocycles. The minimum Gasteiger partial charge on any atom is -0.352 e. The lowest BCUT2D eigenvalue weighted by Crippen LogP contribution is -2.22. The molecule has 1 aromatic rings. The van der Waals surface area contributed by atoms with Crippen molar-refractivity contribution in [2.75, 3.05) is 11.9 Å². The summed E-state index contributed by atoms with van der Waals surface area (Å²) in [5, 5.41) is 5.18. The number of aromatic nitrogens is 1. The van der Waals surface area contributed by atoms with Crippen LogP contribution in [0.3, 0.4) is 0 Å². The van der Waals surface area contributed by atoms with Gasteiger partial charge in [-0.25, -0.2) is 4.98 Å². The van der Waals surface area contributed by atoms with Gasteiger partial charge in [-0.1, -0.05) is 0 Å². The molecule has 0 fully saturated rings. The van der Waals surface area contributed by atoms with Gasteiger partial charge in [0.1, 0.15) is 5.82 Å². The first-order chi connectivity index (χ1) is 7.13. The van der Waals surface area contributed by atoms with Crippen LogP contribution in [-0.4, -0.2) is 23.3 Å². The first-order valence-electron chi connectivity index (χ1n) is 4.65. The number of carbonyl (C=O) groups is 2. The maximum absolute atomic E-state index is 11.4. The van der Waals surface area contributed by atoms with E-state index >= 15 is 0 Å². The summed E-state index contributed by atoms with van der Waals surface area (Å²) in [4.78, 5) is 26.1. The fourth-order valence-electron chi connectivity index (χ4n) is 1.08. The van der Waals surface area contributed by atoms with Crippen LogP contribution in [0.5, 0.6) is 0 Å². The van der Waals surface area contributed by atoms with E-state index in [0.717, 1.165) is 0 Å². The van der Waals surface area contributed by atoms with Gasteiger partial charge in [0.25, 0.3) is 5.91 Å². The Balaban J connectivity index is 2.82. The third kappa shape index (κ3) is 3.38. The fraction of sp³-hybridized carbons (Fsp3) is 0.300. The molecule has 0 saturated carbocycles. The first-order valence-corrected chi connectivity index (χ1v) is 4.65. The number of pyridine rings is 1. The lowest BCUT2D eigenvalue weighted by atomic mass is 10.2. The van der Waals surface area contributed by atoms with Gasteiger partial charge < -0.3 is 10.6 Å². The zero-order chi connectivity index (χ0) is 11.3. The Morgan fingerprint density at radius 1 is 1.47 bits per heavy atom. The SMILES string of the molecule is CCNC(=O)c1ccnc(NC(C)=O)c1. The van der Waals surface area contributed by atoms with Crippen LogP contribution in [0.4, 0.5) is 5.82 Å². The van der Waals surface area contributed by atoms with Crippen molar-refractivity contribution in [1.82, 2.24) is 10.3 Å². The van der Waals surface area contributed by atoms with Gasteiger partial charge in [-0.2, -0.15) is 0 Å². The van der Waals surface area contributed by atoms with Crippen LogP contribution in [0.1, 0.15) is 24.2 Å². The zero-order valence-corrected chi connectivity index (χ0v) is 8.70. The monoisotopic (exact) mass is 207 g/mol. The normalized spacial score (nSPS) is 9.47. The number of nitrogens with one attached hydrogen (secondary N) is 2. The smallest absolute Gasteiger partial charge is 0.251 e. The molecule has 1 rings (SSSR count). The average molecular weight is 207 g/mol. The number of amides is 2. The Labute approximate surface area is 87.9 Å². The van der Waals surface area contributed by atoms with Crippen LogP contribution in [-0.2, 0) is 4.79 Å². The molecule has 2 N–H and O–H groups in total. The predicted molar refractivity (Wildman–Crippen MR) is 56.5 cm³/mol. The van der Waals surface area contributed by atoms with Crippen molar-refractivity contribution in [1.29, 1.82) is 0 Å². The Kier molecular flexibility index (Phi) is 3.79. The summed E-state index contributed by atoms with van der Waals surface area (Å²) < 4.78 is 0. The van der Waals surface area contributed by atoms with E-state index in [9.17, 15) is 9.59 Å². The second-order valence-electron chi connectivity index (χ2n) is 2.97. The van der Waals surface area contributed by atoms with E-state index in [-0.39, 0.29) is 11.8 Å².